The van der Waals surface area contributed by atoms with Gasteiger partial charge in [0.15, 0.2) is 0 Å². The summed E-state index contributed by atoms with van der Waals surface area (Å²) in [7, 11) is 0. The zero-order chi connectivity index (χ0) is 7.23. The van der Waals surface area contributed by atoms with E-state index in [-0.39, 0.29) is 40.0 Å². The topological polar surface area (TPSA) is 0 Å². The summed E-state index contributed by atoms with van der Waals surface area (Å²) in [6.07, 6.45) is 4.10. The minimum absolute atomic E-state index is 0. The van der Waals surface area contributed by atoms with Crippen LogP contribution in [-0.4, -0.2) is 23.1 Å². The molecule has 0 N–H and O–H groups in total. The molecule has 0 amide bonds. The maximum Gasteiger partial charge on any atom is 2.00 e. The Labute approximate surface area is 101 Å². The zero-order valence-corrected chi connectivity index (χ0v) is 10.1. The summed E-state index contributed by atoms with van der Waals surface area (Å²) in [5.74, 6) is 0. The molecule has 0 heterocycles. The van der Waals surface area contributed by atoms with Crippen molar-refractivity contribution in [3.05, 3.63) is 48.6 Å². The average Bonchev–Trinajstić information content (AvgIpc) is 2.03. The predicted molar refractivity (Wildman–Crippen MR) is 49.6 cm³/mol. The van der Waals surface area contributed by atoms with Gasteiger partial charge in [-0.15, -0.1) is 6.58 Å². The number of halogens is 1. The second-order valence-corrected chi connectivity index (χ2v) is 2.24. The second kappa shape index (κ2) is 9.30. The zero-order valence-electron chi connectivity index (χ0n) is 7.09. The third-order valence-corrected chi connectivity index (χ3v) is 1.42. The Bertz CT molecular complexity index is 196. The molecule has 0 aliphatic carbocycles. The van der Waals surface area contributed by atoms with E-state index in [9.17, 15) is 0 Å². The molecule has 0 nitrogen and oxygen atoms in total. The Kier molecular flexibility index (Phi) is 11.4. The summed E-state index contributed by atoms with van der Waals surface area (Å²) in [6.45, 7) is 3.67. The Morgan fingerprint density at radius 3 is 2.42 bits per heavy atom. The van der Waals surface area contributed by atoms with Crippen molar-refractivity contribution in [2.75, 3.05) is 0 Å². The normalized spacial score (nSPS) is 7.67. The third-order valence-electron chi connectivity index (χ3n) is 1.42. The van der Waals surface area contributed by atoms with Crippen LogP contribution in [0.4, 0.5) is 0 Å². The van der Waals surface area contributed by atoms with Crippen molar-refractivity contribution in [2.45, 2.75) is 12.8 Å². The predicted octanol–water partition coefficient (Wildman–Crippen LogP) is -0.771. The van der Waals surface area contributed by atoms with Crippen molar-refractivity contribution in [1.29, 1.82) is 0 Å². The maximum absolute atomic E-state index is 3.67. The van der Waals surface area contributed by atoms with Crippen LogP contribution >= 0.6 is 0 Å². The van der Waals surface area contributed by atoms with E-state index in [2.05, 4.69) is 24.8 Å². The van der Waals surface area contributed by atoms with Crippen molar-refractivity contribution >= 4 is 23.1 Å². The second-order valence-electron chi connectivity index (χ2n) is 2.24. The molecule has 0 spiro atoms. The number of hydrogen-bond acceptors (Lipinski definition) is 0. The molecule has 0 fully saturated rings. The van der Waals surface area contributed by atoms with Crippen LogP contribution in [0.25, 0.3) is 0 Å². The standard InChI is InChI=1S/C10H11.BrH.Mg/c1-2-3-7-10-8-5-4-6-9-10;;/h2,5-6,8-9H,1,3,7H2;1H;/q-1;;+2/p-1. The third kappa shape index (κ3) is 5.81. The fraction of sp³-hybridized carbons (Fsp3) is 0.200. The van der Waals surface area contributed by atoms with Crippen LogP contribution in [0.15, 0.2) is 36.9 Å². The molecule has 1 aromatic carbocycles. The molecule has 12 heavy (non-hydrogen) atoms. The van der Waals surface area contributed by atoms with Gasteiger partial charge in [0.25, 0.3) is 0 Å². The minimum atomic E-state index is 0. The molecule has 0 saturated carbocycles. The van der Waals surface area contributed by atoms with Crippen LogP contribution in [0.2, 0.25) is 0 Å². The van der Waals surface area contributed by atoms with E-state index in [1.54, 1.807) is 0 Å². The van der Waals surface area contributed by atoms with Gasteiger partial charge in [-0.2, -0.15) is 35.9 Å². The smallest absolute Gasteiger partial charge is 1.00 e. The Morgan fingerprint density at radius 2 is 1.92 bits per heavy atom. The van der Waals surface area contributed by atoms with Gasteiger partial charge >= 0.3 is 23.1 Å². The van der Waals surface area contributed by atoms with Gasteiger partial charge in [-0.05, 0) is 12.8 Å². The van der Waals surface area contributed by atoms with E-state index >= 15 is 0 Å². The first-order valence-electron chi connectivity index (χ1n) is 3.49. The molecule has 1 aromatic rings. The molecule has 60 valence electrons. The molecule has 2 heteroatoms. The van der Waals surface area contributed by atoms with Crippen LogP contribution in [0, 0.1) is 6.07 Å². The van der Waals surface area contributed by atoms with E-state index in [0.717, 1.165) is 12.8 Å². The van der Waals surface area contributed by atoms with Gasteiger partial charge in [0.2, 0.25) is 0 Å². The number of benzene rings is 1. The monoisotopic (exact) mass is 234 g/mol. The molecule has 0 bridgehead atoms. The van der Waals surface area contributed by atoms with Gasteiger partial charge < -0.3 is 17.0 Å². The molecule has 0 saturated heterocycles. The first kappa shape index (κ1) is 14.7. The molecule has 0 aromatic heterocycles. The van der Waals surface area contributed by atoms with Crippen LogP contribution in [0.3, 0.4) is 0 Å². The fourth-order valence-corrected chi connectivity index (χ4v) is 0.857. The summed E-state index contributed by atoms with van der Waals surface area (Å²) < 4.78 is 0. The summed E-state index contributed by atoms with van der Waals surface area (Å²) in [6, 6.07) is 11.0. The van der Waals surface area contributed by atoms with Crippen molar-refractivity contribution in [1.82, 2.24) is 0 Å². The largest absolute Gasteiger partial charge is 2.00 e. The molecule has 0 atom stereocenters. The Balaban J connectivity index is 0. The summed E-state index contributed by atoms with van der Waals surface area (Å²) in [5.41, 5.74) is 1.36. The molecule has 0 aliphatic heterocycles. The maximum atomic E-state index is 3.67. The average molecular weight is 235 g/mol. The van der Waals surface area contributed by atoms with Crippen molar-refractivity contribution < 1.29 is 17.0 Å². The number of rotatable bonds is 3. The molecular formula is C10H11BrMg. The quantitative estimate of drug-likeness (QED) is 0.367. The van der Waals surface area contributed by atoms with E-state index in [0.29, 0.717) is 0 Å². The van der Waals surface area contributed by atoms with Crippen LogP contribution < -0.4 is 17.0 Å². The van der Waals surface area contributed by atoms with Crippen LogP contribution in [0.1, 0.15) is 12.0 Å². The first-order valence-corrected chi connectivity index (χ1v) is 3.49. The molecule has 1 rings (SSSR count). The van der Waals surface area contributed by atoms with Gasteiger partial charge in [0.1, 0.15) is 0 Å². The van der Waals surface area contributed by atoms with Crippen LogP contribution in [0.5, 0.6) is 0 Å². The summed E-state index contributed by atoms with van der Waals surface area (Å²) in [4.78, 5) is 0. The van der Waals surface area contributed by atoms with Gasteiger partial charge in [0, 0.05) is 0 Å². The molecule has 0 radical (unpaired) electrons. The Morgan fingerprint density at radius 1 is 1.33 bits per heavy atom. The first-order chi connectivity index (χ1) is 4.93. The number of hydrogen-bond donors (Lipinski definition) is 0. The summed E-state index contributed by atoms with van der Waals surface area (Å²) >= 11 is 0. The van der Waals surface area contributed by atoms with Gasteiger partial charge in [0.05, 0.1) is 0 Å². The Hall–Kier alpha value is 0.206. The fourth-order valence-electron chi connectivity index (χ4n) is 0.857. The minimum Gasteiger partial charge on any atom is -1.00 e. The van der Waals surface area contributed by atoms with Crippen molar-refractivity contribution in [3.63, 3.8) is 0 Å². The number of aryl methyl sites for hydroxylation is 1. The SMILES string of the molecule is C=CCCc1cc[c-]cc1.[Br-].[Mg+2]. The van der Waals surface area contributed by atoms with E-state index in [4.69, 9.17) is 0 Å². The number of allylic oxidation sites excluding steroid dienone is 1. The van der Waals surface area contributed by atoms with Gasteiger partial charge in [-0.1, -0.05) is 6.08 Å². The van der Waals surface area contributed by atoms with E-state index in [1.165, 1.54) is 5.56 Å². The molecular weight excluding hydrogens is 224 g/mol. The van der Waals surface area contributed by atoms with Crippen LogP contribution in [-0.2, 0) is 6.42 Å². The van der Waals surface area contributed by atoms with E-state index in [1.807, 2.05) is 18.2 Å². The van der Waals surface area contributed by atoms with E-state index < -0.39 is 0 Å². The summed E-state index contributed by atoms with van der Waals surface area (Å²) in [5, 5.41) is 0. The van der Waals surface area contributed by atoms with Crippen molar-refractivity contribution in [2.24, 2.45) is 0 Å². The molecule has 0 unspecified atom stereocenters. The van der Waals surface area contributed by atoms with Gasteiger partial charge in [-0.25, -0.2) is 0 Å². The molecule has 0 aliphatic rings. The van der Waals surface area contributed by atoms with Gasteiger partial charge in [-0.3, -0.25) is 0 Å². The van der Waals surface area contributed by atoms with Crippen molar-refractivity contribution in [3.8, 4) is 0 Å².